The quantitative estimate of drug-likeness (QED) is 0.739. The van der Waals surface area contributed by atoms with Gasteiger partial charge in [-0.25, -0.2) is 9.48 Å². The molecule has 0 saturated carbocycles. The Labute approximate surface area is 144 Å². The molecule has 0 bridgehead atoms. The second-order valence-electron chi connectivity index (χ2n) is 5.39. The molecule has 0 fully saturated rings. The molecule has 0 atom stereocenters. The van der Waals surface area contributed by atoms with E-state index in [1.807, 2.05) is 0 Å². The Morgan fingerprint density at radius 2 is 1.72 bits per heavy atom. The average molecular weight is 339 g/mol. The molecule has 0 aliphatic heterocycles. The fraction of sp³-hybridized carbons (Fsp3) is 0.167. The van der Waals surface area contributed by atoms with Crippen LogP contribution >= 0.6 is 0 Å². The number of benzene rings is 2. The number of rotatable bonds is 4. The molecule has 1 N–H and O–H groups in total. The van der Waals surface area contributed by atoms with Gasteiger partial charge in [-0.2, -0.15) is 5.10 Å². The molecule has 0 aliphatic carbocycles. The highest BCUT2D eigenvalue weighted by atomic mass is 16.5. The van der Waals surface area contributed by atoms with Crippen molar-refractivity contribution in [1.29, 1.82) is 0 Å². The summed E-state index contributed by atoms with van der Waals surface area (Å²) in [6.45, 7) is 0. The predicted molar refractivity (Wildman–Crippen MR) is 93.0 cm³/mol. The number of esters is 1. The van der Waals surface area contributed by atoms with Gasteiger partial charge < -0.3 is 14.8 Å². The Hall–Kier alpha value is -3.35. The Morgan fingerprint density at radius 3 is 2.36 bits per heavy atom. The second-order valence-corrected chi connectivity index (χ2v) is 5.39. The number of amides is 1. The Bertz CT molecular complexity index is 945. The third-order valence-electron chi connectivity index (χ3n) is 3.80. The van der Waals surface area contributed by atoms with Crippen LogP contribution in [0.4, 0.5) is 5.69 Å². The zero-order valence-electron chi connectivity index (χ0n) is 14.1. The molecule has 0 radical (unpaired) electrons. The molecule has 2 aromatic carbocycles. The van der Waals surface area contributed by atoms with Crippen LogP contribution in [0.3, 0.4) is 0 Å². The van der Waals surface area contributed by atoms with Crippen molar-refractivity contribution < 1.29 is 19.1 Å². The standard InChI is InChI=1S/C18H17N3O4/c1-21-17(24-2)14-9-6-12(10-15(14)20-21)16(22)19-13-7-4-11(5-8-13)18(23)25-3/h4-10H,1-3H3,(H,19,22). The smallest absolute Gasteiger partial charge is 0.337 e. The first-order valence-electron chi connectivity index (χ1n) is 7.54. The summed E-state index contributed by atoms with van der Waals surface area (Å²) in [6.07, 6.45) is 0. The summed E-state index contributed by atoms with van der Waals surface area (Å²) in [5.74, 6) is -0.0508. The third-order valence-corrected chi connectivity index (χ3v) is 3.80. The first kappa shape index (κ1) is 16.5. The molecule has 0 saturated heterocycles. The van der Waals surface area contributed by atoms with Crippen LogP contribution in [-0.4, -0.2) is 35.9 Å². The zero-order valence-corrected chi connectivity index (χ0v) is 14.1. The summed E-state index contributed by atoms with van der Waals surface area (Å²) in [5.41, 5.74) is 2.15. The van der Waals surface area contributed by atoms with Crippen molar-refractivity contribution in [3.05, 3.63) is 53.6 Å². The van der Waals surface area contributed by atoms with Crippen molar-refractivity contribution in [3.63, 3.8) is 0 Å². The third kappa shape index (κ3) is 3.16. The lowest BCUT2D eigenvalue weighted by molar-refractivity contribution is 0.0600. The number of hydrogen-bond acceptors (Lipinski definition) is 5. The van der Waals surface area contributed by atoms with Crippen molar-refractivity contribution >= 4 is 28.5 Å². The highest BCUT2D eigenvalue weighted by molar-refractivity contribution is 6.06. The van der Waals surface area contributed by atoms with E-state index in [2.05, 4.69) is 15.2 Å². The van der Waals surface area contributed by atoms with Gasteiger partial charge in [-0.05, 0) is 42.5 Å². The van der Waals surface area contributed by atoms with E-state index in [1.165, 1.54) is 7.11 Å². The number of aromatic nitrogens is 2. The van der Waals surface area contributed by atoms with E-state index < -0.39 is 5.97 Å². The first-order chi connectivity index (χ1) is 12.0. The molecule has 25 heavy (non-hydrogen) atoms. The summed E-state index contributed by atoms with van der Waals surface area (Å²) in [6, 6.07) is 11.7. The lowest BCUT2D eigenvalue weighted by atomic mass is 10.1. The summed E-state index contributed by atoms with van der Waals surface area (Å²) in [5, 5.41) is 7.96. The van der Waals surface area contributed by atoms with Crippen molar-refractivity contribution in [2.75, 3.05) is 19.5 Å². The molecule has 7 heteroatoms. The van der Waals surface area contributed by atoms with Gasteiger partial charge in [-0.3, -0.25) is 4.79 Å². The van der Waals surface area contributed by atoms with E-state index in [-0.39, 0.29) is 5.91 Å². The molecule has 3 aromatic rings. The number of anilines is 1. The van der Waals surface area contributed by atoms with Gasteiger partial charge in [-0.15, -0.1) is 0 Å². The molecule has 1 amide bonds. The number of fused-ring (bicyclic) bond motifs is 1. The lowest BCUT2D eigenvalue weighted by Gasteiger charge is -2.06. The largest absolute Gasteiger partial charge is 0.481 e. The van der Waals surface area contributed by atoms with E-state index in [4.69, 9.17) is 4.74 Å². The average Bonchev–Trinajstić information content (AvgIpc) is 2.95. The minimum atomic E-state index is -0.424. The van der Waals surface area contributed by atoms with Gasteiger partial charge in [0.1, 0.15) is 0 Å². The van der Waals surface area contributed by atoms with Crippen molar-refractivity contribution in [3.8, 4) is 5.88 Å². The van der Waals surface area contributed by atoms with Crippen LogP contribution in [0.1, 0.15) is 20.7 Å². The summed E-state index contributed by atoms with van der Waals surface area (Å²) >= 11 is 0. The van der Waals surface area contributed by atoms with E-state index in [0.717, 1.165) is 5.39 Å². The molecular weight excluding hydrogens is 322 g/mol. The van der Waals surface area contributed by atoms with Gasteiger partial charge in [0.05, 0.1) is 30.7 Å². The normalized spacial score (nSPS) is 10.5. The summed E-state index contributed by atoms with van der Waals surface area (Å²) in [4.78, 5) is 23.8. The van der Waals surface area contributed by atoms with Gasteiger partial charge in [-0.1, -0.05) is 0 Å². The molecule has 0 unspecified atom stereocenters. The van der Waals surface area contributed by atoms with Crippen molar-refractivity contribution in [1.82, 2.24) is 9.78 Å². The maximum Gasteiger partial charge on any atom is 0.337 e. The molecule has 0 aliphatic rings. The Morgan fingerprint density at radius 1 is 1.04 bits per heavy atom. The van der Waals surface area contributed by atoms with Crippen LogP contribution in [0.5, 0.6) is 5.88 Å². The number of nitrogens with zero attached hydrogens (tertiary/aromatic N) is 2. The number of carbonyl (C=O) groups is 2. The molecule has 0 spiro atoms. The first-order valence-corrected chi connectivity index (χ1v) is 7.54. The van der Waals surface area contributed by atoms with Crippen LogP contribution in [0.2, 0.25) is 0 Å². The predicted octanol–water partition coefficient (Wildman–Crippen LogP) is 2.62. The second kappa shape index (κ2) is 6.64. The van der Waals surface area contributed by atoms with Crippen LogP contribution in [-0.2, 0) is 11.8 Å². The van der Waals surface area contributed by atoms with Crippen LogP contribution in [0.25, 0.3) is 10.9 Å². The maximum atomic E-state index is 12.4. The van der Waals surface area contributed by atoms with Crippen molar-refractivity contribution in [2.24, 2.45) is 7.05 Å². The number of carbonyl (C=O) groups excluding carboxylic acids is 2. The molecule has 1 heterocycles. The molecule has 128 valence electrons. The molecular formula is C18H17N3O4. The van der Waals surface area contributed by atoms with Gasteiger partial charge in [0.2, 0.25) is 5.88 Å². The SMILES string of the molecule is COC(=O)c1ccc(NC(=O)c2ccc3c(OC)n(C)nc3c2)cc1. The van der Waals surface area contributed by atoms with Crippen LogP contribution < -0.4 is 10.1 Å². The summed E-state index contributed by atoms with van der Waals surface area (Å²) in [7, 11) is 4.68. The van der Waals surface area contributed by atoms with E-state index in [0.29, 0.717) is 28.2 Å². The van der Waals surface area contributed by atoms with E-state index in [1.54, 1.807) is 61.3 Å². The van der Waals surface area contributed by atoms with E-state index in [9.17, 15) is 9.59 Å². The van der Waals surface area contributed by atoms with Gasteiger partial charge in [0.25, 0.3) is 5.91 Å². The minimum absolute atomic E-state index is 0.266. The summed E-state index contributed by atoms with van der Waals surface area (Å²) < 4.78 is 11.6. The van der Waals surface area contributed by atoms with Crippen molar-refractivity contribution in [2.45, 2.75) is 0 Å². The molecule has 1 aromatic heterocycles. The monoisotopic (exact) mass is 339 g/mol. The highest BCUT2D eigenvalue weighted by Gasteiger charge is 2.13. The topological polar surface area (TPSA) is 82.5 Å². The number of hydrogen-bond donors (Lipinski definition) is 1. The fourth-order valence-electron chi connectivity index (χ4n) is 2.57. The fourth-order valence-corrected chi connectivity index (χ4v) is 2.57. The number of methoxy groups -OCH3 is 2. The minimum Gasteiger partial charge on any atom is -0.481 e. The van der Waals surface area contributed by atoms with Crippen LogP contribution in [0.15, 0.2) is 42.5 Å². The van der Waals surface area contributed by atoms with Gasteiger partial charge >= 0.3 is 5.97 Å². The van der Waals surface area contributed by atoms with Gasteiger partial charge in [0.15, 0.2) is 0 Å². The zero-order chi connectivity index (χ0) is 18.0. The molecule has 7 nitrogen and oxygen atoms in total. The number of nitrogens with one attached hydrogen (secondary N) is 1. The number of ether oxygens (including phenoxy) is 2. The van der Waals surface area contributed by atoms with E-state index >= 15 is 0 Å². The van der Waals surface area contributed by atoms with Crippen LogP contribution in [0, 0.1) is 0 Å². The molecule has 3 rings (SSSR count). The van der Waals surface area contributed by atoms with Gasteiger partial charge in [0, 0.05) is 18.3 Å². The Kier molecular flexibility index (Phi) is 4.38. The highest BCUT2D eigenvalue weighted by Crippen LogP contribution is 2.25. The number of aryl methyl sites for hydroxylation is 1. The Balaban J connectivity index is 1.81. The lowest BCUT2D eigenvalue weighted by Crippen LogP contribution is -2.12. The maximum absolute atomic E-state index is 12.4.